The van der Waals surface area contributed by atoms with Crippen molar-refractivity contribution >= 4 is 5.96 Å². The number of guanidine groups is 1. The van der Waals surface area contributed by atoms with Crippen LogP contribution in [-0.4, -0.2) is 38.7 Å². The van der Waals surface area contributed by atoms with Gasteiger partial charge in [-0.15, -0.1) is 10.2 Å². The van der Waals surface area contributed by atoms with Crippen LogP contribution in [0.4, 0.5) is 0 Å². The molecule has 0 radical (unpaired) electrons. The van der Waals surface area contributed by atoms with Crippen molar-refractivity contribution in [2.75, 3.05) is 13.1 Å². The number of rotatable bonds is 5. The van der Waals surface area contributed by atoms with Crippen LogP contribution in [0.1, 0.15) is 26.6 Å². The third-order valence-electron chi connectivity index (χ3n) is 2.51. The first-order valence-electron chi connectivity index (χ1n) is 5.64. The quantitative estimate of drug-likeness (QED) is 0.582. The Morgan fingerprint density at radius 3 is 2.69 bits per heavy atom. The van der Waals surface area contributed by atoms with Crippen molar-refractivity contribution in [1.82, 2.24) is 19.7 Å². The second-order valence-corrected chi connectivity index (χ2v) is 3.38. The fourth-order valence-electron chi connectivity index (χ4n) is 1.46. The van der Waals surface area contributed by atoms with Gasteiger partial charge in [-0.05, 0) is 20.8 Å². The zero-order chi connectivity index (χ0) is 12.0. The molecule has 6 heteroatoms. The third kappa shape index (κ3) is 2.95. The molecule has 0 aromatic carbocycles. The Balaban J connectivity index is 2.65. The lowest BCUT2D eigenvalue weighted by Crippen LogP contribution is -2.37. The summed E-state index contributed by atoms with van der Waals surface area (Å²) >= 11 is 0. The van der Waals surface area contributed by atoms with E-state index in [1.165, 1.54) is 0 Å². The summed E-state index contributed by atoms with van der Waals surface area (Å²) < 4.78 is 1.96. The van der Waals surface area contributed by atoms with E-state index in [-0.39, 0.29) is 0 Å². The molecule has 1 aromatic heterocycles. The zero-order valence-corrected chi connectivity index (χ0v) is 10.2. The van der Waals surface area contributed by atoms with E-state index in [0.717, 1.165) is 25.5 Å². The molecule has 0 spiro atoms. The molecular weight excluding hydrogens is 204 g/mol. The summed E-state index contributed by atoms with van der Waals surface area (Å²) in [5, 5.41) is 7.85. The average Bonchev–Trinajstić information content (AvgIpc) is 2.75. The highest BCUT2D eigenvalue weighted by Crippen LogP contribution is 1.98. The zero-order valence-electron chi connectivity index (χ0n) is 10.2. The SMILES string of the molecule is CCN(CC)C(N)=NCc1nncn1CC. The Morgan fingerprint density at radius 2 is 2.12 bits per heavy atom. The smallest absolute Gasteiger partial charge is 0.191 e. The molecule has 0 aliphatic rings. The first-order chi connectivity index (χ1) is 7.72. The summed E-state index contributed by atoms with van der Waals surface area (Å²) in [6.45, 7) is 9.23. The minimum Gasteiger partial charge on any atom is -0.370 e. The van der Waals surface area contributed by atoms with Crippen molar-refractivity contribution in [1.29, 1.82) is 0 Å². The lowest BCUT2D eigenvalue weighted by Gasteiger charge is -2.19. The van der Waals surface area contributed by atoms with E-state index < -0.39 is 0 Å². The van der Waals surface area contributed by atoms with Crippen molar-refractivity contribution in [2.24, 2.45) is 10.7 Å². The first kappa shape index (κ1) is 12.5. The fraction of sp³-hybridized carbons (Fsp3) is 0.700. The van der Waals surface area contributed by atoms with Crippen molar-refractivity contribution in [3.63, 3.8) is 0 Å². The molecule has 6 nitrogen and oxygen atoms in total. The number of hydrogen-bond donors (Lipinski definition) is 1. The van der Waals surface area contributed by atoms with Crippen LogP contribution >= 0.6 is 0 Å². The Hall–Kier alpha value is -1.59. The standard InChI is InChI=1S/C10H20N6/c1-4-15(5-2)10(11)12-7-9-14-13-8-16(9)6-3/h8H,4-7H2,1-3H3,(H2,11,12). The van der Waals surface area contributed by atoms with E-state index >= 15 is 0 Å². The van der Waals surface area contributed by atoms with Gasteiger partial charge in [0.15, 0.2) is 11.8 Å². The summed E-state index contributed by atoms with van der Waals surface area (Å²) in [5.74, 6) is 1.41. The van der Waals surface area contributed by atoms with E-state index in [9.17, 15) is 0 Å². The first-order valence-corrected chi connectivity index (χ1v) is 5.64. The molecule has 0 aliphatic carbocycles. The Bertz CT molecular complexity index is 339. The number of aromatic nitrogens is 3. The van der Waals surface area contributed by atoms with Crippen LogP contribution in [0, 0.1) is 0 Å². The highest BCUT2D eigenvalue weighted by Gasteiger charge is 2.04. The molecule has 0 amide bonds. The maximum atomic E-state index is 5.87. The topological polar surface area (TPSA) is 72.3 Å². The fourth-order valence-corrected chi connectivity index (χ4v) is 1.46. The molecule has 0 saturated heterocycles. The van der Waals surface area contributed by atoms with Gasteiger partial charge in [-0.2, -0.15) is 0 Å². The van der Waals surface area contributed by atoms with E-state index in [0.29, 0.717) is 12.5 Å². The predicted octanol–water partition coefficient (Wildman–Crippen LogP) is 0.454. The summed E-state index contributed by atoms with van der Waals surface area (Å²) in [7, 11) is 0. The maximum absolute atomic E-state index is 5.87. The maximum Gasteiger partial charge on any atom is 0.191 e. The molecule has 1 aromatic rings. The van der Waals surface area contributed by atoms with Crippen molar-refractivity contribution in [3.05, 3.63) is 12.2 Å². The Morgan fingerprint density at radius 1 is 1.44 bits per heavy atom. The van der Waals surface area contributed by atoms with E-state index in [2.05, 4.69) is 29.0 Å². The largest absolute Gasteiger partial charge is 0.370 e. The average molecular weight is 224 g/mol. The van der Waals surface area contributed by atoms with Crippen molar-refractivity contribution < 1.29 is 0 Å². The minimum atomic E-state index is 0.482. The lowest BCUT2D eigenvalue weighted by molar-refractivity contribution is 0.457. The van der Waals surface area contributed by atoms with Crippen LogP contribution in [0.3, 0.4) is 0 Å². The van der Waals surface area contributed by atoms with E-state index in [4.69, 9.17) is 5.73 Å². The Labute approximate surface area is 96.2 Å². The summed E-state index contributed by atoms with van der Waals surface area (Å²) in [6, 6.07) is 0. The van der Waals surface area contributed by atoms with Gasteiger partial charge in [0.05, 0.1) is 0 Å². The number of nitrogens with zero attached hydrogens (tertiary/aromatic N) is 5. The lowest BCUT2D eigenvalue weighted by atomic mass is 10.5. The molecule has 1 rings (SSSR count). The molecule has 0 unspecified atom stereocenters. The highest BCUT2D eigenvalue weighted by molar-refractivity contribution is 5.77. The van der Waals surface area contributed by atoms with Crippen LogP contribution in [-0.2, 0) is 13.1 Å². The summed E-state index contributed by atoms with van der Waals surface area (Å²) in [6.07, 6.45) is 1.71. The summed E-state index contributed by atoms with van der Waals surface area (Å²) in [5.41, 5.74) is 5.87. The molecule has 0 aliphatic heterocycles. The predicted molar refractivity (Wildman–Crippen MR) is 63.9 cm³/mol. The molecule has 90 valence electrons. The minimum absolute atomic E-state index is 0.482. The van der Waals surface area contributed by atoms with Gasteiger partial charge in [-0.3, -0.25) is 0 Å². The second kappa shape index (κ2) is 6.09. The van der Waals surface area contributed by atoms with Crippen LogP contribution in [0.5, 0.6) is 0 Å². The van der Waals surface area contributed by atoms with Gasteiger partial charge in [0.25, 0.3) is 0 Å². The van der Waals surface area contributed by atoms with E-state index in [1.54, 1.807) is 6.33 Å². The van der Waals surface area contributed by atoms with Gasteiger partial charge in [-0.25, -0.2) is 4.99 Å². The molecular formula is C10H20N6. The molecule has 0 bridgehead atoms. The molecule has 0 saturated carbocycles. The Kier molecular flexibility index (Phi) is 4.75. The molecule has 0 atom stereocenters. The summed E-state index contributed by atoms with van der Waals surface area (Å²) in [4.78, 5) is 6.32. The monoisotopic (exact) mass is 224 g/mol. The molecule has 1 heterocycles. The number of aliphatic imine (C=N–C) groups is 1. The van der Waals surface area contributed by atoms with Gasteiger partial charge >= 0.3 is 0 Å². The highest BCUT2D eigenvalue weighted by atomic mass is 15.3. The number of hydrogen-bond acceptors (Lipinski definition) is 3. The van der Waals surface area contributed by atoms with Crippen molar-refractivity contribution in [2.45, 2.75) is 33.9 Å². The van der Waals surface area contributed by atoms with Crippen LogP contribution in [0.15, 0.2) is 11.3 Å². The van der Waals surface area contributed by atoms with E-state index in [1.807, 2.05) is 16.4 Å². The molecule has 2 N–H and O–H groups in total. The third-order valence-corrected chi connectivity index (χ3v) is 2.51. The number of nitrogens with two attached hydrogens (primary N) is 1. The van der Waals surface area contributed by atoms with Crippen LogP contribution < -0.4 is 5.73 Å². The van der Waals surface area contributed by atoms with Crippen molar-refractivity contribution in [3.8, 4) is 0 Å². The van der Waals surface area contributed by atoms with Gasteiger partial charge in [0.2, 0.25) is 0 Å². The van der Waals surface area contributed by atoms with Gasteiger partial charge < -0.3 is 15.2 Å². The van der Waals surface area contributed by atoms with Gasteiger partial charge in [0.1, 0.15) is 12.9 Å². The van der Waals surface area contributed by atoms with Gasteiger partial charge in [0, 0.05) is 19.6 Å². The molecule has 16 heavy (non-hydrogen) atoms. The van der Waals surface area contributed by atoms with Crippen LogP contribution in [0.25, 0.3) is 0 Å². The molecule has 0 fully saturated rings. The normalized spacial score (nSPS) is 11.8. The second-order valence-electron chi connectivity index (χ2n) is 3.38. The number of aryl methyl sites for hydroxylation is 1. The van der Waals surface area contributed by atoms with Crippen LogP contribution in [0.2, 0.25) is 0 Å². The van der Waals surface area contributed by atoms with Gasteiger partial charge in [-0.1, -0.05) is 0 Å².